The summed E-state index contributed by atoms with van der Waals surface area (Å²) in [5, 5.41) is 0. The van der Waals surface area contributed by atoms with Crippen LogP contribution in [0, 0.1) is 13.8 Å². The third-order valence-electron chi connectivity index (χ3n) is 3.61. The standard InChI is InChI=1S/C16H17NO5S/c1-10-7-16(11(2)6-14(10)20-3)23(18,19)17-12-4-5-13-15(8-12)22-9-21-13/h4-8,17H,9H2,1-3H3. The van der Waals surface area contributed by atoms with E-state index in [2.05, 4.69) is 4.72 Å². The topological polar surface area (TPSA) is 73.9 Å². The molecule has 0 atom stereocenters. The van der Waals surface area contributed by atoms with Gasteiger partial charge < -0.3 is 14.2 Å². The highest BCUT2D eigenvalue weighted by Gasteiger charge is 2.21. The number of methoxy groups -OCH3 is 1. The van der Waals surface area contributed by atoms with Gasteiger partial charge in [0, 0.05) is 6.07 Å². The number of hydrogen-bond acceptors (Lipinski definition) is 5. The van der Waals surface area contributed by atoms with Gasteiger partial charge in [-0.25, -0.2) is 8.42 Å². The van der Waals surface area contributed by atoms with E-state index in [4.69, 9.17) is 14.2 Å². The van der Waals surface area contributed by atoms with Gasteiger partial charge in [0.25, 0.3) is 10.0 Å². The minimum atomic E-state index is -3.71. The van der Waals surface area contributed by atoms with E-state index >= 15 is 0 Å². The fourth-order valence-electron chi connectivity index (χ4n) is 2.44. The number of hydrogen-bond donors (Lipinski definition) is 1. The molecule has 0 radical (unpaired) electrons. The molecule has 0 saturated carbocycles. The van der Waals surface area contributed by atoms with E-state index in [0.717, 1.165) is 5.56 Å². The van der Waals surface area contributed by atoms with Crippen LogP contribution in [0.15, 0.2) is 35.2 Å². The van der Waals surface area contributed by atoms with Crippen molar-refractivity contribution in [2.45, 2.75) is 18.7 Å². The van der Waals surface area contributed by atoms with E-state index in [1.54, 1.807) is 51.3 Å². The van der Waals surface area contributed by atoms with Gasteiger partial charge in [-0.3, -0.25) is 4.72 Å². The summed E-state index contributed by atoms with van der Waals surface area (Å²) in [5.74, 6) is 1.78. The van der Waals surface area contributed by atoms with Crippen LogP contribution in [0.2, 0.25) is 0 Å². The van der Waals surface area contributed by atoms with Crippen molar-refractivity contribution in [2.24, 2.45) is 0 Å². The van der Waals surface area contributed by atoms with Crippen molar-refractivity contribution in [2.75, 3.05) is 18.6 Å². The highest BCUT2D eigenvalue weighted by Crippen LogP contribution is 2.35. The number of nitrogens with one attached hydrogen (secondary N) is 1. The Balaban J connectivity index is 1.94. The second-order valence-corrected chi connectivity index (χ2v) is 6.91. The summed E-state index contributed by atoms with van der Waals surface area (Å²) in [6.45, 7) is 3.68. The van der Waals surface area contributed by atoms with Crippen molar-refractivity contribution in [1.82, 2.24) is 0 Å². The van der Waals surface area contributed by atoms with Gasteiger partial charge in [0.1, 0.15) is 5.75 Å². The van der Waals surface area contributed by atoms with Crippen LogP contribution in [0.5, 0.6) is 17.2 Å². The fourth-order valence-corrected chi connectivity index (χ4v) is 3.80. The van der Waals surface area contributed by atoms with Crippen LogP contribution in [0.3, 0.4) is 0 Å². The normalized spacial score (nSPS) is 13.0. The maximum Gasteiger partial charge on any atom is 0.262 e. The molecule has 7 heteroatoms. The Morgan fingerprint density at radius 3 is 2.52 bits per heavy atom. The first-order valence-corrected chi connectivity index (χ1v) is 8.47. The Morgan fingerprint density at radius 2 is 1.78 bits per heavy atom. The first-order chi connectivity index (χ1) is 10.9. The first-order valence-electron chi connectivity index (χ1n) is 6.98. The predicted octanol–water partition coefficient (Wildman–Crippen LogP) is 2.84. The second kappa shape index (κ2) is 5.66. The van der Waals surface area contributed by atoms with Gasteiger partial charge in [-0.15, -0.1) is 0 Å². The molecule has 1 heterocycles. The number of aryl methyl sites for hydroxylation is 2. The summed E-state index contributed by atoms with van der Waals surface area (Å²) in [6.07, 6.45) is 0. The average molecular weight is 335 g/mol. The Hall–Kier alpha value is -2.41. The Labute approximate surface area is 135 Å². The van der Waals surface area contributed by atoms with Crippen molar-refractivity contribution in [3.63, 3.8) is 0 Å². The van der Waals surface area contributed by atoms with Crippen LogP contribution < -0.4 is 18.9 Å². The van der Waals surface area contributed by atoms with Crippen molar-refractivity contribution in [1.29, 1.82) is 0 Å². The summed E-state index contributed by atoms with van der Waals surface area (Å²) in [6, 6.07) is 8.22. The summed E-state index contributed by atoms with van der Waals surface area (Å²) < 4.78 is 43.6. The number of anilines is 1. The number of fused-ring (bicyclic) bond motifs is 1. The Morgan fingerprint density at radius 1 is 1.04 bits per heavy atom. The molecule has 0 saturated heterocycles. The van der Waals surface area contributed by atoms with Gasteiger partial charge >= 0.3 is 0 Å². The molecular weight excluding hydrogens is 318 g/mol. The zero-order valence-electron chi connectivity index (χ0n) is 13.0. The monoisotopic (exact) mass is 335 g/mol. The zero-order chi connectivity index (χ0) is 16.6. The van der Waals surface area contributed by atoms with Crippen LogP contribution in [-0.2, 0) is 10.0 Å². The predicted molar refractivity (Wildman–Crippen MR) is 85.8 cm³/mol. The minimum Gasteiger partial charge on any atom is -0.496 e. The van der Waals surface area contributed by atoms with Crippen LogP contribution >= 0.6 is 0 Å². The van der Waals surface area contributed by atoms with Crippen LogP contribution in [0.1, 0.15) is 11.1 Å². The van der Waals surface area contributed by atoms with Gasteiger partial charge in [0.2, 0.25) is 6.79 Å². The SMILES string of the molecule is COc1cc(C)c(S(=O)(=O)Nc2ccc3c(c2)OCO3)cc1C. The highest BCUT2D eigenvalue weighted by molar-refractivity contribution is 7.92. The summed E-state index contributed by atoms with van der Waals surface area (Å²) in [5.41, 5.74) is 1.78. The van der Waals surface area contributed by atoms with E-state index < -0.39 is 10.0 Å². The van der Waals surface area contributed by atoms with Gasteiger partial charge in [-0.05, 0) is 49.2 Å². The zero-order valence-corrected chi connectivity index (χ0v) is 13.9. The first kappa shape index (κ1) is 15.5. The lowest BCUT2D eigenvalue weighted by Crippen LogP contribution is -2.14. The summed E-state index contributed by atoms with van der Waals surface area (Å²) in [4.78, 5) is 0.216. The lowest BCUT2D eigenvalue weighted by atomic mass is 10.1. The smallest absolute Gasteiger partial charge is 0.262 e. The molecule has 0 amide bonds. The molecule has 122 valence electrons. The van der Waals surface area contributed by atoms with Crippen molar-refractivity contribution >= 4 is 15.7 Å². The van der Waals surface area contributed by atoms with Gasteiger partial charge in [-0.1, -0.05) is 0 Å². The quantitative estimate of drug-likeness (QED) is 0.930. The second-order valence-electron chi connectivity index (χ2n) is 5.26. The van der Waals surface area contributed by atoms with Crippen molar-refractivity contribution < 1.29 is 22.6 Å². The van der Waals surface area contributed by atoms with E-state index in [0.29, 0.717) is 28.5 Å². The molecule has 0 aliphatic carbocycles. The summed E-state index contributed by atoms with van der Waals surface area (Å²) in [7, 11) is -2.15. The largest absolute Gasteiger partial charge is 0.496 e. The third-order valence-corrected chi connectivity index (χ3v) is 5.13. The molecule has 0 unspecified atom stereocenters. The van der Waals surface area contributed by atoms with Crippen LogP contribution in [-0.4, -0.2) is 22.3 Å². The molecule has 1 aliphatic rings. The molecule has 1 N–H and O–H groups in total. The number of sulfonamides is 1. The molecule has 23 heavy (non-hydrogen) atoms. The molecule has 0 bridgehead atoms. The Bertz CT molecular complexity index is 861. The lowest BCUT2D eigenvalue weighted by Gasteiger charge is -2.13. The van der Waals surface area contributed by atoms with E-state index in [-0.39, 0.29) is 11.7 Å². The maximum atomic E-state index is 12.7. The van der Waals surface area contributed by atoms with Crippen molar-refractivity contribution in [3.8, 4) is 17.2 Å². The minimum absolute atomic E-state index is 0.141. The number of benzene rings is 2. The maximum absolute atomic E-state index is 12.7. The highest BCUT2D eigenvalue weighted by atomic mass is 32.2. The lowest BCUT2D eigenvalue weighted by molar-refractivity contribution is 0.174. The van der Waals surface area contributed by atoms with E-state index in [1.165, 1.54) is 0 Å². The van der Waals surface area contributed by atoms with E-state index in [9.17, 15) is 8.42 Å². The number of ether oxygens (including phenoxy) is 3. The van der Waals surface area contributed by atoms with E-state index in [1.807, 2.05) is 0 Å². The van der Waals surface area contributed by atoms with Gasteiger partial charge in [-0.2, -0.15) is 0 Å². The molecule has 1 aliphatic heterocycles. The molecular formula is C16H17NO5S. The van der Waals surface area contributed by atoms with Crippen molar-refractivity contribution in [3.05, 3.63) is 41.5 Å². The van der Waals surface area contributed by atoms with Crippen LogP contribution in [0.4, 0.5) is 5.69 Å². The molecule has 2 aromatic rings. The molecule has 6 nitrogen and oxygen atoms in total. The molecule has 3 rings (SSSR count). The van der Waals surface area contributed by atoms with Gasteiger partial charge in [0.15, 0.2) is 11.5 Å². The average Bonchev–Trinajstić information content (AvgIpc) is 2.96. The molecule has 0 fully saturated rings. The Kier molecular flexibility index (Phi) is 3.81. The molecule has 0 spiro atoms. The fraction of sp³-hybridized carbons (Fsp3) is 0.250. The van der Waals surface area contributed by atoms with Gasteiger partial charge in [0.05, 0.1) is 17.7 Å². The molecule has 2 aromatic carbocycles. The molecule has 0 aromatic heterocycles. The number of rotatable bonds is 4. The third kappa shape index (κ3) is 2.92. The summed E-state index contributed by atoms with van der Waals surface area (Å²) >= 11 is 0. The van der Waals surface area contributed by atoms with Crippen LogP contribution in [0.25, 0.3) is 0 Å².